The number of rotatable bonds is 9. The summed E-state index contributed by atoms with van der Waals surface area (Å²) in [7, 11) is 0. The molecule has 0 spiro atoms. The van der Waals surface area contributed by atoms with Crippen LogP contribution in [0, 0.1) is 5.82 Å². The second-order valence-electron chi connectivity index (χ2n) is 4.41. The van der Waals surface area contributed by atoms with E-state index in [0.717, 1.165) is 12.1 Å². The van der Waals surface area contributed by atoms with Crippen molar-refractivity contribution in [1.29, 1.82) is 0 Å². The zero-order valence-electron chi connectivity index (χ0n) is 11.8. The van der Waals surface area contributed by atoms with E-state index in [-0.39, 0.29) is 25.4 Å². The second kappa shape index (κ2) is 8.84. The van der Waals surface area contributed by atoms with Gasteiger partial charge in [-0.15, -0.1) is 0 Å². The number of benzene rings is 1. The number of hydrogen-bond donors (Lipinski definition) is 1. The Morgan fingerprint density at radius 2 is 1.95 bits per heavy atom. The second-order valence-corrected chi connectivity index (χ2v) is 4.41. The molecule has 0 aromatic heterocycles. The van der Waals surface area contributed by atoms with E-state index in [0.29, 0.717) is 6.54 Å². The van der Waals surface area contributed by atoms with Crippen molar-refractivity contribution in [2.45, 2.75) is 26.1 Å². The van der Waals surface area contributed by atoms with Crippen molar-refractivity contribution in [1.82, 2.24) is 5.32 Å². The van der Waals surface area contributed by atoms with Crippen molar-refractivity contribution in [2.24, 2.45) is 0 Å². The van der Waals surface area contributed by atoms with Gasteiger partial charge in [0.2, 0.25) is 0 Å². The molecule has 1 aromatic rings. The van der Waals surface area contributed by atoms with Gasteiger partial charge in [0.25, 0.3) is 0 Å². The van der Waals surface area contributed by atoms with Gasteiger partial charge in [0.15, 0.2) is 11.6 Å². The van der Waals surface area contributed by atoms with Crippen molar-refractivity contribution in [3.63, 3.8) is 0 Å². The first-order chi connectivity index (χ1) is 9.92. The molecule has 120 valence electrons. The topological polar surface area (TPSA) is 30.5 Å². The van der Waals surface area contributed by atoms with Gasteiger partial charge in [-0.3, -0.25) is 0 Å². The minimum atomic E-state index is -4.32. The van der Waals surface area contributed by atoms with E-state index < -0.39 is 18.6 Å². The normalized spacial score (nSPS) is 11.7. The molecule has 0 aliphatic carbocycles. The quantitative estimate of drug-likeness (QED) is 0.561. The van der Waals surface area contributed by atoms with Crippen LogP contribution in [0.25, 0.3) is 0 Å². The van der Waals surface area contributed by atoms with Crippen molar-refractivity contribution in [3.8, 4) is 5.75 Å². The van der Waals surface area contributed by atoms with Crippen LogP contribution < -0.4 is 10.1 Å². The molecule has 0 saturated heterocycles. The number of hydrogen-bond acceptors (Lipinski definition) is 3. The SMILES string of the molecule is CCNCc1ccc(OCCCOCC(F)(F)F)c(F)c1. The molecular weight excluding hydrogens is 290 g/mol. The molecule has 0 unspecified atom stereocenters. The number of nitrogens with one attached hydrogen (secondary N) is 1. The molecule has 0 aliphatic heterocycles. The minimum absolute atomic E-state index is 0.0837. The summed E-state index contributed by atoms with van der Waals surface area (Å²) >= 11 is 0. The fraction of sp³-hybridized carbons (Fsp3) is 0.571. The number of halogens is 4. The first-order valence-electron chi connectivity index (χ1n) is 6.69. The van der Waals surface area contributed by atoms with E-state index in [4.69, 9.17) is 4.74 Å². The molecule has 0 aliphatic rings. The van der Waals surface area contributed by atoms with E-state index in [1.165, 1.54) is 12.1 Å². The zero-order valence-corrected chi connectivity index (χ0v) is 11.8. The van der Waals surface area contributed by atoms with Crippen LogP contribution in [0.15, 0.2) is 18.2 Å². The van der Waals surface area contributed by atoms with E-state index in [9.17, 15) is 17.6 Å². The molecule has 21 heavy (non-hydrogen) atoms. The van der Waals surface area contributed by atoms with E-state index in [1.54, 1.807) is 6.07 Å². The highest BCUT2D eigenvalue weighted by atomic mass is 19.4. The lowest BCUT2D eigenvalue weighted by atomic mass is 10.2. The molecule has 3 nitrogen and oxygen atoms in total. The molecule has 0 bridgehead atoms. The first-order valence-corrected chi connectivity index (χ1v) is 6.69. The van der Waals surface area contributed by atoms with Crippen molar-refractivity contribution < 1.29 is 27.0 Å². The summed E-state index contributed by atoms with van der Waals surface area (Å²) in [5, 5.41) is 3.07. The van der Waals surface area contributed by atoms with Gasteiger partial charge >= 0.3 is 6.18 Å². The predicted molar refractivity (Wildman–Crippen MR) is 70.8 cm³/mol. The Bertz CT molecular complexity index is 424. The Morgan fingerprint density at radius 3 is 2.57 bits per heavy atom. The van der Waals surface area contributed by atoms with Gasteiger partial charge in [0.05, 0.1) is 13.2 Å². The van der Waals surface area contributed by atoms with E-state index in [1.807, 2.05) is 6.92 Å². The van der Waals surface area contributed by atoms with Gasteiger partial charge in [-0.25, -0.2) is 4.39 Å². The maximum atomic E-state index is 13.7. The molecule has 7 heteroatoms. The molecule has 1 N–H and O–H groups in total. The number of ether oxygens (including phenoxy) is 2. The maximum absolute atomic E-state index is 13.7. The van der Waals surface area contributed by atoms with Crippen LogP contribution in [0.5, 0.6) is 5.75 Å². The van der Waals surface area contributed by atoms with Crippen molar-refractivity contribution in [3.05, 3.63) is 29.6 Å². The maximum Gasteiger partial charge on any atom is 0.411 e. The Morgan fingerprint density at radius 1 is 1.19 bits per heavy atom. The van der Waals surface area contributed by atoms with Crippen molar-refractivity contribution >= 4 is 0 Å². The van der Waals surface area contributed by atoms with E-state index >= 15 is 0 Å². The molecule has 0 heterocycles. The summed E-state index contributed by atoms with van der Waals surface area (Å²) in [6.07, 6.45) is -4.07. The molecular formula is C14H19F4NO2. The van der Waals surface area contributed by atoms with Crippen LogP contribution in [0.1, 0.15) is 18.9 Å². The monoisotopic (exact) mass is 309 g/mol. The molecule has 1 rings (SSSR count). The summed E-state index contributed by atoms with van der Waals surface area (Å²) in [6.45, 7) is 2.05. The third-order valence-corrected chi connectivity index (χ3v) is 2.53. The van der Waals surface area contributed by atoms with Crippen LogP contribution in [0.2, 0.25) is 0 Å². The number of alkyl halides is 3. The summed E-state index contributed by atoms with van der Waals surface area (Å²) in [5.74, 6) is -0.396. The molecule has 1 aromatic carbocycles. The Balaban J connectivity index is 2.26. The predicted octanol–water partition coefficient (Wildman–Crippen LogP) is 3.28. The van der Waals surface area contributed by atoms with Crippen LogP contribution in [0.4, 0.5) is 17.6 Å². The van der Waals surface area contributed by atoms with Gasteiger partial charge < -0.3 is 14.8 Å². The fourth-order valence-electron chi connectivity index (χ4n) is 1.57. The molecule has 0 fully saturated rings. The van der Waals surface area contributed by atoms with Gasteiger partial charge in [0, 0.05) is 13.0 Å². The van der Waals surface area contributed by atoms with Gasteiger partial charge in [-0.05, 0) is 24.2 Å². The molecule has 0 saturated carbocycles. The Kier molecular flexibility index (Phi) is 7.45. The summed E-state index contributed by atoms with van der Waals surface area (Å²) < 4.78 is 58.7. The highest BCUT2D eigenvalue weighted by molar-refractivity contribution is 5.29. The van der Waals surface area contributed by atoms with Gasteiger partial charge in [-0.2, -0.15) is 13.2 Å². The zero-order chi connectivity index (χ0) is 15.7. The minimum Gasteiger partial charge on any atom is -0.490 e. The van der Waals surface area contributed by atoms with Crippen molar-refractivity contribution in [2.75, 3.05) is 26.4 Å². The van der Waals surface area contributed by atoms with Crippen LogP contribution in [0.3, 0.4) is 0 Å². The third-order valence-electron chi connectivity index (χ3n) is 2.53. The molecule has 0 amide bonds. The van der Waals surface area contributed by atoms with Crippen LogP contribution in [-0.2, 0) is 11.3 Å². The average Bonchev–Trinajstić information content (AvgIpc) is 2.41. The summed E-state index contributed by atoms with van der Waals surface area (Å²) in [6, 6.07) is 4.62. The lowest BCUT2D eigenvalue weighted by molar-refractivity contribution is -0.174. The summed E-state index contributed by atoms with van der Waals surface area (Å²) in [5.41, 5.74) is 0.801. The Hall–Kier alpha value is -1.34. The van der Waals surface area contributed by atoms with Gasteiger partial charge in [-0.1, -0.05) is 13.0 Å². The fourth-order valence-corrected chi connectivity index (χ4v) is 1.57. The van der Waals surface area contributed by atoms with Crippen LogP contribution in [-0.4, -0.2) is 32.5 Å². The Labute approximate surface area is 121 Å². The lowest BCUT2D eigenvalue weighted by Gasteiger charge is -2.10. The molecule has 0 radical (unpaired) electrons. The largest absolute Gasteiger partial charge is 0.490 e. The summed E-state index contributed by atoms with van der Waals surface area (Å²) in [4.78, 5) is 0. The smallest absolute Gasteiger partial charge is 0.411 e. The molecule has 0 atom stereocenters. The lowest BCUT2D eigenvalue weighted by Crippen LogP contribution is -2.18. The third kappa shape index (κ3) is 7.87. The van der Waals surface area contributed by atoms with Gasteiger partial charge in [0.1, 0.15) is 6.61 Å². The first kappa shape index (κ1) is 17.7. The highest BCUT2D eigenvalue weighted by Gasteiger charge is 2.27. The van der Waals surface area contributed by atoms with Crippen LogP contribution >= 0.6 is 0 Å². The average molecular weight is 309 g/mol. The highest BCUT2D eigenvalue weighted by Crippen LogP contribution is 2.19. The van der Waals surface area contributed by atoms with E-state index in [2.05, 4.69) is 10.1 Å². The standard InChI is InChI=1S/C14H19F4NO2/c1-2-19-9-11-4-5-13(12(15)8-11)21-7-3-6-20-10-14(16,17)18/h4-5,8,19H,2-3,6-7,9-10H2,1H3.